The second-order valence-corrected chi connectivity index (χ2v) is 1.82. The van der Waals surface area contributed by atoms with Gasteiger partial charge in [-0.05, 0) is 20.9 Å². The van der Waals surface area contributed by atoms with Gasteiger partial charge in [0.2, 0.25) is 0 Å². The van der Waals surface area contributed by atoms with Crippen LogP contribution in [-0.2, 0) is 9.59 Å². The second kappa shape index (κ2) is 8.92. The summed E-state index contributed by atoms with van der Waals surface area (Å²) in [7, 11) is 0. The first-order chi connectivity index (χ1) is 7.64. The van der Waals surface area contributed by atoms with E-state index in [1.54, 1.807) is 0 Å². The predicted molar refractivity (Wildman–Crippen MR) is 44.4 cm³/mol. The van der Waals surface area contributed by atoms with E-state index in [-0.39, 0.29) is 0 Å². The molecule has 2 N–H and O–H groups in total. The number of carboxylic acids is 2. The van der Waals surface area contributed by atoms with Crippen LogP contribution in [0.4, 0.5) is 0 Å². The van der Waals surface area contributed by atoms with E-state index in [1.807, 2.05) is 0 Å². The molecule has 0 aromatic carbocycles. The van der Waals surface area contributed by atoms with Crippen molar-refractivity contribution in [2.45, 2.75) is 0 Å². The topological polar surface area (TPSA) is 173 Å². The fourth-order valence-corrected chi connectivity index (χ4v) is 0.283. The summed E-state index contributed by atoms with van der Waals surface area (Å²) in [5, 5.41) is 40.9. The molecule has 2 aliphatic heterocycles. The minimum Gasteiger partial charge on any atom is -0.473 e. The van der Waals surface area contributed by atoms with Crippen molar-refractivity contribution in [3.63, 3.8) is 0 Å². The molecule has 0 radical (unpaired) electrons. The Morgan fingerprint density at radius 1 is 0.688 bits per heavy atom. The van der Waals surface area contributed by atoms with Gasteiger partial charge in [-0.15, -0.1) is 20.5 Å². The summed E-state index contributed by atoms with van der Waals surface area (Å²) < 4.78 is 0. The Morgan fingerprint density at radius 3 is 1.00 bits per heavy atom. The summed E-state index contributed by atoms with van der Waals surface area (Å²) in [6, 6.07) is 0. The summed E-state index contributed by atoms with van der Waals surface area (Å²) in [6.07, 6.45) is 0. The van der Waals surface area contributed by atoms with Crippen molar-refractivity contribution in [3.05, 3.63) is 0 Å². The summed E-state index contributed by atoms with van der Waals surface area (Å²) in [6.45, 7) is 0.833. The van der Waals surface area contributed by atoms with Gasteiger partial charge < -0.3 is 10.2 Å². The molecule has 0 unspecified atom stereocenters. The van der Waals surface area contributed by atoms with E-state index in [4.69, 9.17) is 19.8 Å². The van der Waals surface area contributed by atoms with E-state index in [0.29, 0.717) is 13.3 Å². The Kier molecular flexibility index (Phi) is 7.43. The van der Waals surface area contributed by atoms with Gasteiger partial charge in [-0.25, -0.2) is 9.59 Å². The molecule has 0 aromatic heterocycles. The van der Waals surface area contributed by atoms with Crippen molar-refractivity contribution in [1.29, 1.82) is 0 Å². The van der Waals surface area contributed by atoms with Crippen LogP contribution in [0, 0.1) is 0 Å². The minimum absolute atomic E-state index is 0.417. The van der Waals surface area contributed by atoms with Crippen molar-refractivity contribution in [2.24, 2.45) is 41.4 Å². The molecular weight excluding hydrogens is 224 g/mol. The molecule has 0 aromatic rings. The van der Waals surface area contributed by atoms with Crippen LogP contribution in [0.5, 0.6) is 0 Å². The molecule has 0 aliphatic carbocycles. The molecule has 2 rings (SSSR count). The standard InChI is InChI=1S/C2H2O4.2CH2N4/c3-1(4)2(5)6;2*1-2-4-5-3-1/h(H,3,4)(H,5,6);2*1H2. The zero-order valence-electron chi connectivity index (χ0n) is 7.70. The van der Waals surface area contributed by atoms with Gasteiger partial charge in [0.05, 0.1) is 0 Å². The lowest BCUT2D eigenvalue weighted by molar-refractivity contribution is -0.159. The smallest absolute Gasteiger partial charge is 0.414 e. The molecule has 0 fully saturated rings. The van der Waals surface area contributed by atoms with Crippen LogP contribution >= 0.6 is 0 Å². The van der Waals surface area contributed by atoms with Crippen LogP contribution in [0.25, 0.3) is 0 Å². The molecule has 12 nitrogen and oxygen atoms in total. The molecule has 12 heteroatoms. The highest BCUT2D eigenvalue weighted by molar-refractivity contribution is 6.27. The number of hydrogen-bond acceptors (Lipinski definition) is 10. The molecule has 0 spiro atoms. The largest absolute Gasteiger partial charge is 0.473 e. The molecule has 2 aliphatic rings. The molecule has 16 heavy (non-hydrogen) atoms. The third-order valence-corrected chi connectivity index (χ3v) is 0.769. The zero-order valence-corrected chi connectivity index (χ0v) is 7.70. The maximum Gasteiger partial charge on any atom is 0.414 e. The molecule has 2 heterocycles. The Hall–Kier alpha value is -2.66. The van der Waals surface area contributed by atoms with E-state index < -0.39 is 11.9 Å². The highest BCUT2D eigenvalue weighted by Crippen LogP contribution is 1.88. The lowest BCUT2D eigenvalue weighted by atomic mass is 10.7. The fraction of sp³-hybridized carbons (Fsp3) is 0.500. The molecule has 0 atom stereocenters. The van der Waals surface area contributed by atoms with Crippen molar-refractivity contribution < 1.29 is 19.8 Å². The number of aliphatic carboxylic acids is 2. The predicted octanol–water partition coefficient (Wildman–Crippen LogP) is 0.709. The van der Waals surface area contributed by atoms with Gasteiger partial charge in [0, 0.05) is 0 Å². The van der Waals surface area contributed by atoms with Crippen LogP contribution in [0.1, 0.15) is 0 Å². The zero-order chi connectivity index (χ0) is 12.2. The molecular formula is C4H6N8O4. The lowest BCUT2D eigenvalue weighted by Gasteiger charge is -1.72. The van der Waals surface area contributed by atoms with E-state index in [9.17, 15) is 0 Å². The summed E-state index contributed by atoms with van der Waals surface area (Å²) in [5.41, 5.74) is 0. The van der Waals surface area contributed by atoms with Gasteiger partial charge in [-0.3, -0.25) is 0 Å². The Morgan fingerprint density at radius 2 is 0.938 bits per heavy atom. The number of nitrogens with zero attached hydrogens (tertiary/aromatic N) is 8. The average molecular weight is 230 g/mol. The maximum absolute atomic E-state index is 9.10. The van der Waals surface area contributed by atoms with Gasteiger partial charge in [-0.1, -0.05) is 0 Å². The van der Waals surface area contributed by atoms with Crippen LogP contribution in [0.2, 0.25) is 0 Å². The highest BCUT2D eigenvalue weighted by atomic mass is 16.4. The van der Waals surface area contributed by atoms with Gasteiger partial charge in [0.15, 0.2) is 13.3 Å². The van der Waals surface area contributed by atoms with E-state index >= 15 is 0 Å². The SMILES string of the molecule is C1N=NN=N1.C1N=NN=N1.O=C(O)C(=O)O. The van der Waals surface area contributed by atoms with E-state index in [0.717, 1.165) is 0 Å². The van der Waals surface area contributed by atoms with E-state index in [1.165, 1.54) is 0 Å². The highest BCUT2D eigenvalue weighted by Gasteiger charge is 2.04. The van der Waals surface area contributed by atoms with Gasteiger partial charge in [0.25, 0.3) is 0 Å². The Bertz CT molecular complexity index is 292. The van der Waals surface area contributed by atoms with Gasteiger partial charge in [0.1, 0.15) is 0 Å². The van der Waals surface area contributed by atoms with Crippen molar-refractivity contribution in [2.75, 3.05) is 13.3 Å². The minimum atomic E-state index is -1.82. The maximum atomic E-state index is 9.10. The van der Waals surface area contributed by atoms with Crippen molar-refractivity contribution in [3.8, 4) is 0 Å². The van der Waals surface area contributed by atoms with Crippen LogP contribution < -0.4 is 0 Å². The third-order valence-electron chi connectivity index (χ3n) is 0.769. The van der Waals surface area contributed by atoms with Crippen LogP contribution in [0.3, 0.4) is 0 Å². The van der Waals surface area contributed by atoms with Crippen LogP contribution in [-0.4, -0.2) is 35.5 Å². The Balaban J connectivity index is 0.000000211. The fourth-order valence-electron chi connectivity index (χ4n) is 0.283. The first-order valence-corrected chi connectivity index (χ1v) is 3.57. The Labute approximate surface area is 87.5 Å². The molecule has 0 bridgehead atoms. The number of carbonyl (C=O) groups is 2. The quantitative estimate of drug-likeness (QED) is 0.583. The third kappa shape index (κ3) is 9.43. The van der Waals surface area contributed by atoms with Crippen LogP contribution in [0.15, 0.2) is 41.4 Å². The molecule has 0 saturated carbocycles. The lowest BCUT2D eigenvalue weighted by Crippen LogP contribution is -2.09. The van der Waals surface area contributed by atoms with Gasteiger partial charge >= 0.3 is 11.9 Å². The molecule has 0 saturated heterocycles. The normalized spacial score (nSPS) is 13.8. The summed E-state index contributed by atoms with van der Waals surface area (Å²) >= 11 is 0. The van der Waals surface area contributed by atoms with E-state index in [2.05, 4.69) is 41.4 Å². The molecule has 0 amide bonds. The second-order valence-electron chi connectivity index (χ2n) is 1.82. The van der Waals surface area contributed by atoms with Crippen molar-refractivity contribution >= 4 is 11.9 Å². The van der Waals surface area contributed by atoms with Gasteiger partial charge in [-0.2, -0.15) is 0 Å². The molecule has 86 valence electrons. The number of hydrogen-bond donors (Lipinski definition) is 2. The number of carboxylic acid groups (broad SMARTS) is 2. The number of rotatable bonds is 0. The summed E-state index contributed by atoms with van der Waals surface area (Å²) in [4.78, 5) is 18.2. The average Bonchev–Trinajstić information content (AvgIpc) is 2.97. The first kappa shape index (κ1) is 13.3. The summed E-state index contributed by atoms with van der Waals surface area (Å²) in [5.74, 6) is -3.65. The monoisotopic (exact) mass is 230 g/mol. The van der Waals surface area contributed by atoms with Crippen molar-refractivity contribution in [1.82, 2.24) is 0 Å². The first-order valence-electron chi connectivity index (χ1n) is 3.57.